The van der Waals surface area contributed by atoms with Gasteiger partial charge in [0, 0.05) is 17.2 Å². The molecule has 1 N–H and O–H groups in total. The average molecular weight is 434 g/mol. The molecule has 8 nitrogen and oxygen atoms in total. The van der Waals surface area contributed by atoms with Gasteiger partial charge in [-0.15, -0.1) is 0 Å². The Balaban J connectivity index is 1.91. The van der Waals surface area contributed by atoms with Crippen molar-refractivity contribution >= 4 is 23.3 Å². The molecule has 3 aromatic rings. The summed E-state index contributed by atoms with van der Waals surface area (Å²) in [7, 11) is 1.49. The zero-order valence-electron chi connectivity index (χ0n) is 17.8. The number of carbonyl (C=O) groups excluding carboxylic acids is 2. The maximum absolute atomic E-state index is 13.1. The Labute approximate surface area is 184 Å². The number of esters is 1. The van der Waals surface area contributed by atoms with Crippen LogP contribution in [-0.2, 0) is 9.53 Å². The molecule has 0 saturated heterocycles. The largest absolute Gasteiger partial charge is 0.495 e. The Morgan fingerprint density at radius 3 is 2.38 bits per heavy atom. The van der Waals surface area contributed by atoms with Crippen molar-refractivity contribution in [1.29, 1.82) is 0 Å². The molecule has 0 radical (unpaired) electrons. The summed E-state index contributed by atoms with van der Waals surface area (Å²) >= 11 is 0. The lowest BCUT2D eigenvalue weighted by molar-refractivity contribution is -0.385. The standard InChI is InChI=1S/C24H22N2O6/c1-15-9-12-21(31-3)19(13-15)25-23(27)22(17-7-5-4-6-8-17)32-24(28)18-11-10-16(2)20(14-18)26(29)30/h4-14,22H,1-3H3,(H,25,27). The first kappa shape index (κ1) is 22.5. The summed E-state index contributed by atoms with van der Waals surface area (Å²) in [5.41, 5.74) is 1.97. The lowest BCUT2D eigenvalue weighted by atomic mass is 10.1. The SMILES string of the molecule is COc1ccc(C)cc1NC(=O)C(OC(=O)c1ccc(C)c([N+](=O)[O-])c1)c1ccccc1. The first-order chi connectivity index (χ1) is 15.3. The van der Waals surface area contributed by atoms with Crippen LogP contribution in [0.15, 0.2) is 66.7 Å². The van der Waals surface area contributed by atoms with Crippen molar-refractivity contribution in [3.63, 3.8) is 0 Å². The Hall–Kier alpha value is -4.20. The van der Waals surface area contributed by atoms with Gasteiger partial charge in [-0.05, 0) is 37.6 Å². The first-order valence-electron chi connectivity index (χ1n) is 9.76. The van der Waals surface area contributed by atoms with Crippen molar-refractivity contribution in [1.82, 2.24) is 0 Å². The van der Waals surface area contributed by atoms with E-state index < -0.39 is 22.9 Å². The predicted molar refractivity (Wildman–Crippen MR) is 119 cm³/mol. The Kier molecular flexibility index (Phi) is 6.84. The van der Waals surface area contributed by atoms with Crippen molar-refractivity contribution in [2.45, 2.75) is 20.0 Å². The fraction of sp³-hybridized carbons (Fsp3) is 0.167. The number of anilines is 1. The van der Waals surface area contributed by atoms with Crippen LogP contribution >= 0.6 is 0 Å². The third-order valence-corrected chi connectivity index (χ3v) is 4.82. The van der Waals surface area contributed by atoms with Gasteiger partial charge in [-0.25, -0.2) is 4.79 Å². The van der Waals surface area contributed by atoms with Gasteiger partial charge in [0.15, 0.2) is 0 Å². The second-order valence-electron chi connectivity index (χ2n) is 7.15. The normalized spacial score (nSPS) is 11.3. The number of nitro groups is 1. The number of aryl methyl sites for hydroxylation is 2. The number of carbonyl (C=O) groups is 2. The van der Waals surface area contributed by atoms with Crippen LogP contribution < -0.4 is 10.1 Å². The van der Waals surface area contributed by atoms with E-state index in [9.17, 15) is 19.7 Å². The zero-order chi connectivity index (χ0) is 23.3. The van der Waals surface area contributed by atoms with Gasteiger partial charge in [0.05, 0.1) is 23.3 Å². The molecule has 8 heteroatoms. The van der Waals surface area contributed by atoms with Gasteiger partial charge in [-0.2, -0.15) is 0 Å². The maximum Gasteiger partial charge on any atom is 0.339 e. The predicted octanol–water partition coefficient (Wildman–Crippen LogP) is 4.76. The summed E-state index contributed by atoms with van der Waals surface area (Å²) in [6.45, 7) is 3.44. The lowest BCUT2D eigenvalue weighted by Gasteiger charge is -2.19. The summed E-state index contributed by atoms with van der Waals surface area (Å²) in [6, 6.07) is 17.8. The van der Waals surface area contributed by atoms with Crippen LogP contribution in [0.25, 0.3) is 0 Å². The molecule has 1 unspecified atom stereocenters. The number of ether oxygens (including phenoxy) is 2. The molecule has 1 atom stereocenters. The minimum Gasteiger partial charge on any atom is -0.495 e. The molecule has 3 rings (SSSR count). The van der Waals surface area contributed by atoms with E-state index in [1.54, 1.807) is 49.4 Å². The molecular formula is C24H22N2O6. The number of hydrogen-bond acceptors (Lipinski definition) is 6. The highest BCUT2D eigenvalue weighted by molar-refractivity contribution is 5.99. The summed E-state index contributed by atoms with van der Waals surface area (Å²) in [4.78, 5) is 36.6. The van der Waals surface area contributed by atoms with Crippen molar-refractivity contribution in [2.24, 2.45) is 0 Å². The van der Waals surface area contributed by atoms with E-state index in [2.05, 4.69) is 5.32 Å². The topological polar surface area (TPSA) is 108 Å². The van der Waals surface area contributed by atoms with Crippen molar-refractivity contribution < 1.29 is 24.0 Å². The number of nitro benzene ring substituents is 1. The highest BCUT2D eigenvalue weighted by atomic mass is 16.6. The molecule has 32 heavy (non-hydrogen) atoms. The molecule has 3 aromatic carbocycles. The first-order valence-corrected chi connectivity index (χ1v) is 9.76. The Morgan fingerprint density at radius 2 is 1.72 bits per heavy atom. The second kappa shape index (κ2) is 9.74. The van der Waals surface area contributed by atoms with Crippen LogP contribution in [0, 0.1) is 24.0 Å². The van der Waals surface area contributed by atoms with Gasteiger partial charge < -0.3 is 14.8 Å². The number of nitrogens with one attached hydrogen (secondary N) is 1. The van der Waals surface area contributed by atoms with E-state index in [1.807, 2.05) is 13.0 Å². The van der Waals surface area contributed by atoms with Crippen LogP contribution in [0.2, 0.25) is 0 Å². The summed E-state index contributed by atoms with van der Waals surface area (Å²) in [6.07, 6.45) is -1.28. The minimum atomic E-state index is -1.28. The van der Waals surface area contributed by atoms with Gasteiger partial charge in [-0.3, -0.25) is 14.9 Å². The number of benzene rings is 3. The van der Waals surface area contributed by atoms with Crippen LogP contribution in [0.4, 0.5) is 11.4 Å². The van der Waals surface area contributed by atoms with Crippen LogP contribution in [-0.4, -0.2) is 23.9 Å². The van der Waals surface area contributed by atoms with Crippen LogP contribution in [0.5, 0.6) is 5.75 Å². The molecule has 0 aliphatic carbocycles. The molecule has 0 spiro atoms. The van der Waals surface area contributed by atoms with Crippen molar-refractivity contribution in [2.75, 3.05) is 12.4 Å². The highest BCUT2D eigenvalue weighted by Crippen LogP contribution is 2.28. The fourth-order valence-electron chi connectivity index (χ4n) is 3.13. The van der Waals surface area contributed by atoms with Crippen LogP contribution in [0.3, 0.4) is 0 Å². The maximum atomic E-state index is 13.1. The molecule has 0 saturated carbocycles. The smallest absolute Gasteiger partial charge is 0.339 e. The lowest BCUT2D eigenvalue weighted by Crippen LogP contribution is -2.26. The third kappa shape index (κ3) is 5.10. The summed E-state index contributed by atoms with van der Waals surface area (Å²) in [5, 5.41) is 14.0. The van der Waals surface area contributed by atoms with E-state index in [4.69, 9.17) is 9.47 Å². The van der Waals surface area contributed by atoms with Crippen molar-refractivity contribution in [3.05, 3.63) is 99.1 Å². The molecule has 0 aliphatic rings. The number of methoxy groups -OCH3 is 1. The number of nitrogens with zero attached hydrogens (tertiary/aromatic N) is 1. The molecule has 0 aromatic heterocycles. The zero-order valence-corrected chi connectivity index (χ0v) is 17.8. The number of amides is 1. The third-order valence-electron chi connectivity index (χ3n) is 4.82. The van der Waals surface area contributed by atoms with Gasteiger partial charge in [0.1, 0.15) is 5.75 Å². The van der Waals surface area contributed by atoms with Crippen molar-refractivity contribution in [3.8, 4) is 5.75 Å². The van der Waals surface area contributed by atoms with E-state index in [0.717, 1.165) is 11.6 Å². The fourth-order valence-corrected chi connectivity index (χ4v) is 3.13. The van der Waals surface area contributed by atoms with Gasteiger partial charge >= 0.3 is 5.97 Å². The number of rotatable bonds is 7. The summed E-state index contributed by atoms with van der Waals surface area (Å²) < 4.78 is 10.8. The average Bonchev–Trinajstić information content (AvgIpc) is 2.78. The highest BCUT2D eigenvalue weighted by Gasteiger charge is 2.27. The molecule has 0 heterocycles. The van der Waals surface area contributed by atoms with Crippen LogP contribution in [0.1, 0.15) is 33.2 Å². The van der Waals surface area contributed by atoms with E-state index in [0.29, 0.717) is 22.6 Å². The number of hydrogen-bond donors (Lipinski definition) is 1. The molecule has 164 valence electrons. The van der Waals surface area contributed by atoms with Gasteiger partial charge in [0.2, 0.25) is 6.10 Å². The molecular weight excluding hydrogens is 412 g/mol. The molecule has 0 bridgehead atoms. The summed E-state index contributed by atoms with van der Waals surface area (Å²) in [5.74, 6) is -0.986. The molecule has 0 fully saturated rings. The second-order valence-corrected chi connectivity index (χ2v) is 7.15. The molecule has 1 amide bonds. The van der Waals surface area contributed by atoms with Gasteiger partial charge in [-0.1, -0.05) is 42.5 Å². The Morgan fingerprint density at radius 1 is 1.00 bits per heavy atom. The quantitative estimate of drug-likeness (QED) is 0.326. The van der Waals surface area contributed by atoms with Gasteiger partial charge in [0.25, 0.3) is 11.6 Å². The van der Waals surface area contributed by atoms with E-state index in [-0.39, 0.29) is 11.3 Å². The minimum absolute atomic E-state index is 0.0239. The van der Waals surface area contributed by atoms with E-state index >= 15 is 0 Å². The van der Waals surface area contributed by atoms with E-state index in [1.165, 1.54) is 19.2 Å². The molecule has 0 aliphatic heterocycles. The Bertz CT molecular complexity index is 1160. The monoisotopic (exact) mass is 434 g/mol.